The second-order valence-electron chi connectivity index (χ2n) is 9.35. The van der Waals surface area contributed by atoms with E-state index in [0.717, 1.165) is 18.2 Å². The van der Waals surface area contributed by atoms with E-state index in [1.54, 1.807) is 0 Å². The van der Waals surface area contributed by atoms with Gasteiger partial charge in [0.05, 0.1) is 23.4 Å². The SMILES string of the molecule is CC(F)(F)c1cccc(F)c1Nc1ccc(CNC(=O)[C@]2(CC(=O)c3cncc(N)c3)CCOC2)c(F)c1. The van der Waals surface area contributed by atoms with Gasteiger partial charge in [-0.05, 0) is 30.7 Å². The highest BCUT2D eigenvalue weighted by Gasteiger charge is 2.44. The number of nitrogens with one attached hydrogen (secondary N) is 2. The monoisotopic (exact) mass is 530 g/mol. The number of benzene rings is 2. The summed E-state index contributed by atoms with van der Waals surface area (Å²) >= 11 is 0. The summed E-state index contributed by atoms with van der Waals surface area (Å²) in [4.78, 5) is 29.9. The van der Waals surface area contributed by atoms with Crippen molar-refractivity contribution in [1.82, 2.24) is 10.3 Å². The zero-order valence-electron chi connectivity index (χ0n) is 20.5. The number of ether oxygens (including phenoxy) is 1. The van der Waals surface area contributed by atoms with Gasteiger partial charge in [0.25, 0.3) is 5.92 Å². The van der Waals surface area contributed by atoms with Crippen LogP contribution >= 0.6 is 0 Å². The number of halogens is 4. The van der Waals surface area contributed by atoms with E-state index in [0.29, 0.717) is 25.6 Å². The number of nitrogens with two attached hydrogens (primary N) is 1. The largest absolute Gasteiger partial charge is 0.397 e. The molecular formula is C27H26F4N4O3. The highest BCUT2D eigenvalue weighted by atomic mass is 19.3. The molecule has 0 bridgehead atoms. The van der Waals surface area contributed by atoms with Gasteiger partial charge < -0.3 is 21.1 Å². The fourth-order valence-corrected chi connectivity index (χ4v) is 4.32. The first-order valence-corrected chi connectivity index (χ1v) is 11.8. The van der Waals surface area contributed by atoms with Gasteiger partial charge >= 0.3 is 0 Å². The summed E-state index contributed by atoms with van der Waals surface area (Å²) in [6.45, 7) is 0.762. The van der Waals surface area contributed by atoms with Crippen LogP contribution in [0.4, 0.5) is 34.6 Å². The van der Waals surface area contributed by atoms with Crippen molar-refractivity contribution in [2.24, 2.45) is 5.41 Å². The molecule has 4 N–H and O–H groups in total. The average molecular weight is 531 g/mol. The highest BCUT2D eigenvalue weighted by molar-refractivity contribution is 6.00. The molecule has 4 rings (SSSR count). The highest BCUT2D eigenvalue weighted by Crippen LogP contribution is 2.37. The zero-order valence-corrected chi connectivity index (χ0v) is 20.5. The van der Waals surface area contributed by atoms with Gasteiger partial charge in [0.2, 0.25) is 5.91 Å². The van der Waals surface area contributed by atoms with E-state index in [9.17, 15) is 27.2 Å². The number of nitrogens with zero attached hydrogens (tertiary/aromatic N) is 1. The molecule has 3 aromatic rings. The van der Waals surface area contributed by atoms with Crippen molar-refractivity contribution in [2.45, 2.75) is 32.2 Å². The molecule has 1 amide bonds. The van der Waals surface area contributed by atoms with Gasteiger partial charge in [-0.3, -0.25) is 14.6 Å². The molecule has 0 aliphatic carbocycles. The fourth-order valence-electron chi connectivity index (χ4n) is 4.32. The maximum absolute atomic E-state index is 14.8. The number of pyridine rings is 1. The first-order chi connectivity index (χ1) is 18.0. The van der Waals surface area contributed by atoms with Gasteiger partial charge in [0.15, 0.2) is 5.78 Å². The average Bonchev–Trinajstić information content (AvgIpc) is 3.33. The lowest BCUT2D eigenvalue weighted by Gasteiger charge is -2.25. The van der Waals surface area contributed by atoms with Crippen LogP contribution in [0, 0.1) is 17.0 Å². The Hall–Kier alpha value is -3.99. The molecule has 7 nitrogen and oxygen atoms in total. The first-order valence-electron chi connectivity index (χ1n) is 11.8. The van der Waals surface area contributed by atoms with Gasteiger partial charge in [0, 0.05) is 61.3 Å². The fraction of sp³-hybridized carbons (Fsp3) is 0.296. The second kappa shape index (κ2) is 10.8. The number of anilines is 3. The minimum Gasteiger partial charge on any atom is -0.397 e. The molecule has 1 fully saturated rings. The summed E-state index contributed by atoms with van der Waals surface area (Å²) in [6.07, 6.45) is 2.94. The molecule has 0 radical (unpaired) electrons. The van der Waals surface area contributed by atoms with Gasteiger partial charge in [-0.25, -0.2) is 17.6 Å². The normalized spacial score (nSPS) is 17.3. The molecule has 38 heavy (non-hydrogen) atoms. The number of alkyl halides is 2. The van der Waals surface area contributed by atoms with Crippen LogP contribution in [0.25, 0.3) is 0 Å². The second-order valence-corrected chi connectivity index (χ2v) is 9.35. The smallest absolute Gasteiger partial charge is 0.272 e. The molecule has 0 spiro atoms. The third-order valence-electron chi connectivity index (χ3n) is 6.41. The minimum absolute atomic E-state index is 0.0265. The standard InChI is InChI=1S/C27H26F4N4O3/c1-26(30,31)20-3-2-4-21(28)24(20)35-19-6-5-16(22(29)10-19)13-34-25(37)27(7-8-38-15-27)11-23(36)17-9-18(32)14-33-12-17/h2-6,9-10,12,14,35H,7-8,11,13,15,32H2,1H3,(H,34,37)/t27-/m0/s1. The predicted octanol–water partition coefficient (Wildman–Crippen LogP) is 5.09. The first kappa shape index (κ1) is 27.1. The lowest BCUT2D eigenvalue weighted by Crippen LogP contribution is -2.42. The number of para-hydroxylation sites is 1. The molecule has 1 aliphatic heterocycles. The van der Waals surface area contributed by atoms with Crippen LogP contribution in [0.2, 0.25) is 0 Å². The topological polar surface area (TPSA) is 106 Å². The molecule has 200 valence electrons. The molecule has 1 saturated heterocycles. The minimum atomic E-state index is -3.32. The summed E-state index contributed by atoms with van der Waals surface area (Å²) in [5.74, 6) is -5.76. The van der Waals surface area contributed by atoms with Crippen molar-refractivity contribution in [3.05, 3.63) is 83.2 Å². The maximum atomic E-state index is 14.8. The Kier molecular flexibility index (Phi) is 7.68. The van der Waals surface area contributed by atoms with E-state index in [4.69, 9.17) is 10.5 Å². The molecule has 2 aromatic carbocycles. The lowest BCUT2D eigenvalue weighted by atomic mass is 9.80. The third kappa shape index (κ3) is 5.94. The van der Waals surface area contributed by atoms with Crippen molar-refractivity contribution < 1.29 is 31.9 Å². The Morgan fingerprint density at radius 3 is 2.58 bits per heavy atom. The van der Waals surface area contributed by atoms with Gasteiger partial charge in [-0.1, -0.05) is 18.2 Å². The molecule has 1 aliphatic rings. The summed E-state index contributed by atoms with van der Waals surface area (Å²) in [5, 5.41) is 5.19. The van der Waals surface area contributed by atoms with Gasteiger partial charge in [-0.2, -0.15) is 0 Å². The van der Waals surface area contributed by atoms with Crippen LogP contribution in [0.1, 0.15) is 41.3 Å². The van der Waals surface area contributed by atoms with E-state index >= 15 is 0 Å². The van der Waals surface area contributed by atoms with E-state index in [2.05, 4.69) is 15.6 Å². The van der Waals surface area contributed by atoms with Crippen LogP contribution in [0.15, 0.2) is 54.9 Å². The van der Waals surface area contributed by atoms with E-state index in [-0.39, 0.29) is 42.2 Å². The maximum Gasteiger partial charge on any atom is 0.272 e. The summed E-state index contributed by atoms with van der Waals surface area (Å²) in [6, 6.07) is 8.52. The Morgan fingerprint density at radius 2 is 1.92 bits per heavy atom. The van der Waals surface area contributed by atoms with Gasteiger partial charge in [0.1, 0.15) is 11.6 Å². The number of aromatic nitrogens is 1. The Labute approximate surface area is 216 Å². The van der Waals surface area contributed by atoms with Crippen molar-refractivity contribution in [1.29, 1.82) is 0 Å². The molecule has 0 saturated carbocycles. The van der Waals surface area contributed by atoms with E-state index in [1.807, 2.05) is 0 Å². The van der Waals surface area contributed by atoms with Crippen LogP contribution in [0.5, 0.6) is 0 Å². The van der Waals surface area contributed by atoms with E-state index < -0.39 is 40.1 Å². The number of carbonyl (C=O) groups excluding carboxylic acids is 2. The van der Waals surface area contributed by atoms with Crippen LogP contribution in [-0.2, 0) is 22.0 Å². The number of carbonyl (C=O) groups is 2. The number of hydrogen-bond acceptors (Lipinski definition) is 6. The van der Waals surface area contributed by atoms with E-state index in [1.165, 1.54) is 36.7 Å². The number of Topliss-reactive ketones (excluding diaryl/α,β-unsaturated/α-hetero) is 1. The number of ketones is 1. The summed E-state index contributed by atoms with van der Waals surface area (Å²) in [5.41, 5.74) is 4.30. The zero-order chi connectivity index (χ0) is 27.5. The van der Waals surface area contributed by atoms with Crippen LogP contribution < -0.4 is 16.4 Å². The Balaban J connectivity index is 1.45. The van der Waals surface area contributed by atoms with Gasteiger partial charge in [-0.15, -0.1) is 0 Å². The molecular weight excluding hydrogens is 504 g/mol. The summed E-state index contributed by atoms with van der Waals surface area (Å²) in [7, 11) is 0. The lowest BCUT2D eigenvalue weighted by molar-refractivity contribution is -0.131. The summed E-state index contributed by atoms with van der Waals surface area (Å²) < 4.78 is 62.4. The third-order valence-corrected chi connectivity index (χ3v) is 6.41. The Bertz CT molecular complexity index is 1350. The molecule has 2 heterocycles. The van der Waals surface area contributed by atoms with Crippen LogP contribution in [-0.4, -0.2) is 29.9 Å². The van der Waals surface area contributed by atoms with Crippen molar-refractivity contribution in [3.63, 3.8) is 0 Å². The molecule has 0 unspecified atom stereocenters. The van der Waals surface area contributed by atoms with Crippen molar-refractivity contribution >= 4 is 28.8 Å². The predicted molar refractivity (Wildman–Crippen MR) is 133 cm³/mol. The molecule has 1 atom stereocenters. The Morgan fingerprint density at radius 1 is 1.13 bits per heavy atom. The number of rotatable bonds is 9. The molecule has 11 heteroatoms. The number of hydrogen-bond donors (Lipinski definition) is 3. The van der Waals surface area contributed by atoms with Crippen LogP contribution in [0.3, 0.4) is 0 Å². The van der Waals surface area contributed by atoms with Crippen molar-refractivity contribution in [2.75, 3.05) is 24.3 Å². The molecule has 1 aromatic heterocycles. The quantitative estimate of drug-likeness (QED) is 0.263. The number of nitrogen functional groups attached to an aromatic ring is 1. The number of amides is 1. The van der Waals surface area contributed by atoms with Crippen molar-refractivity contribution in [3.8, 4) is 0 Å².